The van der Waals surface area contributed by atoms with Gasteiger partial charge in [-0.15, -0.1) is 0 Å². The molecule has 78 heavy (non-hydrogen) atoms. The van der Waals surface area contributed by atoms with Crippen LogP contribution in [0.15, 0.2) is 24.3 Å². The van der Waals surface area contributed by atoms with E-state index in [9.17, 15) is 19.8 Å². The van der Waals surface area contributed by atoms with E-state index < -0.39 is 12.1 Å². The Morgan fingerprint density at radius 2 is 0.603 bits per heavy atom. The summed E-state index contributed by atoms with van der Waals surface area (Å²) in [7, 11) is 0. The van der Waals surface area contributed by atoms with E-state index in [1.54, 1.807) is 6.08 Å². The highest BCUT2D eigenvalue weighted by Crippen LogP contribution is 2.19. The average molecular weight is 1100 g/mol. The molecular weight excluding hydrogens is 959 g/mol. The molecule has 6 nitrogen and oxygen atoms in total. The molecule has 0 aromatic carbocycles. The molecule has 0 saturated carbocycles. The molecule has 0 spiro atoms. The second-order valence-corrected chi connectivity index (χ2v) is 24.6. The third kappa shape index (κ3) is 63.5. The smallest absolute Gasteiger partial charge is 0.305 e. The van der Waals surface area contributed by atoms with Crippen molar-refractivity contribution in [3.63, 3.8) is 0 Å². The number of carbonyl (C=O) groups is 2. The van der Waals surface area contributed by atoms with Crippen LogP contribution in [0.5, 0.6) is 0 Å². The summed E-state index contributed by atoms with van der Waals surface area (Å²) in [6.07, 6.45) is 85.4. The standard InChI is InChI=1S/C72H139NO5/c1-3-5-7-9-11-13-15-17-18-19-20-21-28-31-34-37-41-44-48-52-56-60-64-70(75)69(68-74)73-71(76)65-61-57-53-49-45-42-38-35-32-29-26-24-22-23-25-27-30-33-36-39-43-47-51-55-59-63-67-78-72(77)66-62-58-54-50-46-40-16-14-12-10-8-6-4-2/h22,24,60,64,69-70,74-75H,3-21,23,25-59,61-63,65-68H2,1-2H3,(H,73,76)/b24-22-,64-60+. The van der Waals surface area contributed by atoms with E-state index in [4.69, 9.17) is 4.74 Å². The molecule has 0 heterocycles. The van der Waals surface area contributed by atoms with Gasteiger partial charge in [-0.05, 0) is 57.8 Å². The van der Waals surface area contributed by atoms with Crippen molar-refractivity contribution < 1.29 is 24.5 Å². The fourth-order valence-electron chi connectivity index (χ4n) is 11.3. The zero-order chi connectivity index (χ0) is 56.4. The number of aliphatic hydroxyl groups excluding tert-OH is 2. The van der Waals surface area contributed by atoms with Gasteiger partial charge in [0.1, 0.15) is 0 Å². The maximum Gasteiger partial charge on any atom is 0.305 e. The minimum atomic E-state index is -0.847. The van der Waals surface area contributed by atoms with Gasteiger partial charge in [-0.1, -0.05) is 353 Å². The number of amides is 1. The summed E-state index contributed by atoms with van der Waals surface area (Å²) in [6.45, 7) is 4.94. The molecule has 0 radical (unpaired) electrons. The molecule has 0 saturated heterocycles. The Balaban J connectivity index is 3.41. The predicted molar refractivity (Wildman–Crippen MR) is 343 cm³/mol. The lowest BCUT2D eigenvalue weighted by atomic mass is 10.0. The number of esters is 1. The van der Waals surface area contributed by atoms with Crippen molar-refractivity contribution in [1.82, 2.24) is 5.32 Å². The summed E-state index contributed by atoms with van der Waals surface area (Å²) < 4.78 is 5.49. The third-order valence-corrected chi connectivity index (χ3v) is 16.7. The highest BCUT2D eigenvalue weighted by Gasteiger charge is 2.18. The zero-order valence-corrected chi connectivity index (χ0v) is 52.9. The first kappa shape index (κ1) is 76.3. The lowest BCUT2D eigenvalue weighted by Gasteiger charge is -2.20. The van der Waals surface area contributed by atoms with Crippen molar-refractivity contribution in [3.05, 3.63) is 24.3 Å². The van der Waals surface area contributed by atoms with Crippen LogP contribution in [-0.2, 0) is 14.3 Å². The first-order valence-electron chi connectivity index (χ1n) is 35.6. The number of ether oxygens (including phenoxy) is 1. The van der Waals surface area contributed by atoms with E-state index in [-0.39, 0.29) is 18.5 Å². The van der Waals surface area contributed by atoms with Crippen LogP contribution in [0.1, 0.15) is 399 Å². The van der Waals surface area contributed by atoms with Gasteiger partial charge in [-0.25, -0.2) is 0 Å². The monoisotopic (exact) mass is 1100 g/mol. The minimum Gasteiger partial charge on any atom is -0.466 e. The molecule has 0 bridgehead atoms. The molecule has 6 heteroatoms. The van der Waals surface area contributed by atoms with E-state index in [0.29, 0.717) is 19.4 Å². The summed E-state index contributed by atoms with van der Waals surface area (Å²) in [5, 5.41) is 23.3. The predicted octanol–water partition coefficient (Wildman–Crippen LogP) is 22.9. The number of allylic oxidation sites excluding steroid dienone is 3. The summed E-state index contributed by atoms with van der Waals surface area (Å²) in [5.74, 6) is -0.0494. The SMILES string of the molecule is CCCCCCCCCCCCCCCCCCCCCC/C=C/C(O)C(CO)NC(=O)CCCCCCCCCCCC/C=C\CCCCCCCCCCCCCCOC(=O)CCCCCCCCCCCCCCC. The molecule has 0 aromatic heterocycles. The number of aliphatic hydroxyl groups is 2. The third-order valence-electron chi connectivity index (χ3n) is 16.7. The number of nitrogens with one attached hydrogen (secondary N) is 1. The second-order valence-electron chi connectivity index (χ2n) is 24.6. The molecule has 2 atom stereocenters. The summed E-state index contributed by atoms with van der Waals surface area (Å²) in [5.41, 5.74) is 0. The van der Waals surface area contributed by atoms with E-state index in [2.05, 4.69) is 31.3 Å². The van der Waals surface area contributed by atoms with Crippen molar-refractivity contribution in [2.75, 3.05) is 13.2 Å². The number of rotatable bonds is 67. The largest absolute Gasteiger partial charge is 0.466 e. The first-order chi connectivity index (χ1) is 38.5. The Labute approximate surface area is 488 Å². The number of hydrogen-bond acceptors (Lipinski definition) is 5. The van der Waals surface area contributed by atoms with Crippen LogP contribution in [0.3, 0.4) is 0 Å². The van der Waals surface area contributed by atoms with Gasteiger partial charge >= 0.3 is 5.97 Å². The van der Waals surface area contributed by atoms with Crippen LogP contribution in [0.4, 0.5) is 0 Å². The Bertz CT molecular complexity index is 1220. The summed E-state index contributed by atoms with van der Waals surface area (Å²) in [6, 6.07) is -0.630. The van der Waals surface area contributed by atoms with Gasteiger partial charge in [0.05, 0.1) is 25.4 Å². The van der Waals surface area contributed by atoms with E-state index in [1.165, 1.54) is 334 Å². The average Bonchev–Trinajstić information content (AvgIpc) is 3.44. The maximum absolute atomic E-state index is 12.5. The molecule has 3 N–H and O–H groups in total. The van der Waals surface area contributed by atoms with Crippen molar-refractivity contribution in [2.45, 2.75) is 411 Å². The summed E-state index contributed by atoms with van der Waals surface area (Å²) >= 11 is 0. The maximum atomic E-state index is 12.5. The fourth-order valence-corrected chi connectivity index (χ4v) is 11.3. The van der Waals surface area contributed by atoms with Crippen molar-refractivity contribution in [1.29, 1.82) is 0 Å². The molecule has 0 rings (SSSR count). The van der Waals surface area contributed by atoms with Crippen molar-refractivity contribution >= 4 is 11.9 Å². The highest BCUT2D eigenvalue weighted by molar-refractivity contribution is 5.76. The normalized spacial score (nSPS) is 12.6. The van der Waals surface area contributed by atoms with Crippen LogP contribution in [0.25, 0.3) is 0 Å². The van der Waals surface area contributed by atoms with E-state index in [1.807, 2.05) is 6.08 Å². The number of hydrogen-bond donors (Lipinski definition) is 3. The molecule has 0 aliphatic heterocycles. The van der Waals surface area contributed by atoms with Gasteiger partial charge in [-0.2, -0.15) is 0 Å². The zero-order valence-electron chi connectivity index (χ0n) is 52.9. The molecule has 0 aliphatic rings. The van der Waals surface area contributed by atoms with Gasteiger partial charge in [0.25, 0.3) is 0 Å². The lowest BCUT2D eigenvalue weighted by molar-refractivity contribution is -0.143. The number of carbonyl (C=O) groups excluding carboxylic acids is 2. The van der Waals surface area contributed by atoms with Gasteiger partial charge in [0.15, 0.2) is 0 Å². The minimum absolute atomic E-state index is 0.0162. The Morgan fingerprint density at radius 3 is 0.910 bits per heavy atom. The molecule has 2 unspecified atom stereocenters. The topological polar surface area (TPSA) is 95.9 Å². The first-order valence-corrected chi connectivity index (χ1v) is 35.6. The Kier molecular flexibility index (Phi) is 66.4. The van der Waals surface area contributed by atoms with Gasteiger partial charge in [0.2, 0.25) is 5.91 Å². The van der Waals surface area contributed by atoms with E-state index in [0.717, 1.165) is 38.5 Å². The fraction of sp³-hybridized carbons (Fsp3) is 0.917. The highest BCUT2D eigenvalue weighted by atomic mass is 16.5. The Morgan fingerprint density at radius 1 is 0.346 bits per heavy atom. The lowest BCUT2D eigenvalue weighted by Crippen LogP contribution is -2.45. The van der Waals surface area contributed by atoms with Crippen LogP contribution in [-0.4, -0.2) is 47.4 Å². The Hall–Kier alpha value is -1.66. The van der Waals surface area contributed by atoms with Gasteiger partial charge in [0, 0.05) is 12.8 Å². The van der Waals surface area contributed by atoms with Crippen LogP contribution < -0.4 is 5.32 Å². The number of unbranched alkanes of at least 4 members (excludes halogenated alkanes) is 54. The van der Waals surface area contributed by atoms with Gasteiger partial charge < -0.3 is 20.3 Å². The molecule has 0 aliphatic carbocycles. The van der Waals surface area contributed by atoms with Crippen LogP contribution >= 0.6 is 0 Å². The molecule has 1 amide bonds. The van der Waals surface area contributed by atoms with Crippen LogP contribution in [0.2, 0.25) is 0 Å². The van der Waals surface area contributed by atoms with Crippen LogP contribution in [0, 0.1) is 0 Å². The molecular formula is C72H139NO5. The van der Waals surface area contributed by atoms with Gasteiger partial charge in [-0.3, -0.25) is 9.59 Å². The second kappa shape index (κ2) is 67.8. The summed E-state index contributed by atoms with van der Waals surface area (Å²) in [4.78, 5) is 24.6. The molecule has 462 valence electrons. The van der Waals surface area contributed by atoms with Crippen molar-refractivity contribution in [2.24, 2.45) is 0 Å². The van der Waals surface area contributed by atoms with Crippen molar-refractivity contribution in [3.8, 4) is 0 Å². The van der Waals surface area contributed by atoms with E-state index >= 15 is 0 Å². The quantitative estimate of drug-likeness (QED) is 0.0320. The molecule has 0 fully saturated rings. The molecule has 0 aromatic rings.